The molecule has 0 aliphatic heterocycles. The Morgan fingerprint density at radius 2 is 1.89 bits per heavy atom. The van der Waals surface area contributed by atoms with Gasteiger partial charge in [-0.1, -0.05) is 12.1 Å². The van der Waals surface area contributed by atoms with Crippen molar-refractivity contribution >= 4 is 21.7 Å². The number of aryl methyl sites for hydroxylation is 1. The molecule has 5 rings (SSSR count). The van der Waals surface area contributed by atoms with Crippen molar-refractivity contribution in [1.29, 1.82) is 0 Å². The second-order valence-electron chi connectivity index (χ2n) is 7.25. The standard InChI is InChI=1S/C25H21N2O/c1-16-11-19-8-10-28-24(19)14-23(16)25-22-7-6-18(20-5-4-9-26-15-20)13-21(22)12-17(2)27(25)3/h4-15H,1-3H3/q+1/i12D. The van der Waals surface area contributed by atoms with Gasteiger partial charge in [-0.25, -0.2) is 0 Å². The highest BCUT2D eigenvalue weighted by atomic mass is 16.3. The van der Waals surface area contributed by atoms with Crippen molar-refractivity contribution in [2.45, 2.75) is 13.8 Å². The number of nitrogens with zero attached hydrogens (tertiary/aromatic N) is 2. The Balaban J connectivity index is 1.84. The fourth-order valence-corrected chi connectivity index (χ4v) is 3.90. The topological polar surface area (TPSA) is 29.9 Å². The van der Waals surface area contributed by atoms with Crippen molar-refractivity contribution in [2.24, 2.45) is 7.05 Å². The minimum Gasteiger partial charge on any atom is -0.464 e. The van der Waals surface area contributed by atoms with Gasteiger partial charge in [0.15, 0.2) is 5.69 Å². The van der Waals surface area contributed by atoms with Crippen LogP contribution in [0.1, 0.15) is 12.6 Å². The molecule has 0 aliphatic carbocycles. The van der Waals surface area contributed by atoms with E-state index in [0.717, 1.165) is 49.8 Å². The van der Waals surface area contributed by atoms with E-state index in [9.17, 15) is 0 Å². The van der Waals surface area contributed by atoms with Crippen molar-refractivity contribution in [3.05, 3.63) is 84.5 Å². The number of aromatic nitrogens is 2. The summed E-state index contributed by atoms with van der Waals surface area (Å²) in [7, 11) is 2.03. The van der Waals surface area contributed by atoms with E-state index in [0.29, 0.717) is 6.04 Å². The average Bonchev–Trinajstić information content (AvgIpc) is 3.20. The second-order valence-corrected chi connectivity index (χ2v) is 7.25. The zero-order chi connectivity index (χ0) is 20.1. The molecule has 3 heterocycles. The summed E-state index contributed by atoms with van der Waals surface area (Å²) in [4.78, 5) is 4.23. The third kappa shape index (κ3) is 2.59. The van der Waals surface area contributed by atoms with Gasteiger partial charge < -0.3 is 4.42 Å². The van der Waals surface area contributed by atoms with Crippen LogP contribution >= 0.6 is 0 Å². The monoisotopic (exact) mass is 366 g/mol. The van der Waals surface area contributed by atoms with Gasteiger partial charge in [-0.2, -0.15) is 4.57 Å². The van der Waals surface area contributed by atoms with Gasteiger partial charge in [0.2, 0.25) is 5.69 Å². The summed E-state index contributed by atoms with van der Waals surface area (Å²) in [6.07, 6.45) is 5.36. The number of benzene rings is 2. The fraction of sp³-hybridized carbons (Fsp3) is 0.120. The number of rotatable bonds is 2. The molecule has 0 aliphatic rings. The van der Waals surface area contributed by atoms with Crippen LogP contribution in [0.25, 0.3) is 44.1 Å². The number of hydrogen-bond acceptors (Lipinski definition) is 2. The molecule has 0 bridgehead atoms. The molecule has 0 spiro atoms. The molecule has 3 nitrogen and oxygen atoms in total. The molecule has 0 fully saturated rings. The highest BCUT2D eigenvalue weighted by Gasteiger charge is 2.21. The van der Waals surface area contributed by atoms with E-state index in [4.69, 9.17) is 5.79 Å². The zero-order valence-electron chi connectivity index (χ0n) is 17.2. The first-order valence-corrected chi connectivity index (χ1v) is 9.36. The number of furan rings is 1. The van der Waals surface area contributed by atoms with Crippen LogP contribution in [0.4, 0.5) is 0 Å². The molecular weight excluding hydrogens is 344 g/mol. The first kappa shape index (κ1) is 15.6. The summed E-state index contributed by atoms with van der Waals surface area (Å²) in [5.41, 5.74) is 7.32. The predicted octanol–water partition coefficient (Wildman–Crippen LogP) is 5.76. The maximum Gasteiger partial charge on any atom is 0.220 e. The van der Waals surface area contributed by atoms with Gasteiger partial charge in [0.05, 0.1) is 18.6 Å². The van der Waals surface area contributed by atoms with E-state index < -0.39 is 0 Å². The predicted molar refractivity (Wildman–Crippen MR) is 113 cm³/mol. The number of hydrogen-bond donors (Lipinski definition) is 0. The van der Waals surface area contributed by atoms with E-state index in [1.165, 1.54) is 5.56 Å². The average molecular weight is 366 g/mol. The Bertz CT molecular complexity index is 1390. The first-order valence-electron chi connectivity index (χ1n) is 9.86. The lowest BCUT2D eigenvalue weighted by molar-refractivity contribution is -0.665. The third-order valence-electron chi connectivity index (χ3n) is 5.48. The van der Waals surface area contributed by atoms with Gasteiger partial charge in [-0.15, -0.1) is 0 Å². The molecule has 2 aromatic carbocycles. The Hall–Kier alpha value is -3.46. The number of pyridine rings is 2. The lowest BCUT2D eigenvalue weighted by Gasteiger charge is -2.11. The highest BCUT2D eigenvalue weighted by molar-refractivity contribution is 5.98. The molecule has 0 N–H and O–H groups in total. The second kappa shape index (κ2) is 6.31. The van der Waals surface area contributed by atoms with Crippen molar-refractivity contribution in [3.63, 3.8) is 0 Å². The van der Waals surface area contributed by atoms with Crippen LogP contribution in [0, 0.1) is 13.8 Å². The maximum absolute atomic E-state index is 8.75. The van der Waals surface area contributed by atoms with Crippen LogP contribution in [-0.2, 0) is 7.05 Å². The van der Waals surface area contributed by atoms with Gasteiger partial charge in [0.25, 0.3) is 0 Å². The van der Waals surface area contributed by atoms with Crippen molar-refractivity contribution in [3.8, 4) is 22.4 Å². The van der Waals surface area contributed by atoms with Crippen molar-refractivity contribution < 1.29 is 10.4 Å². The molecule has 28 heavy (non-hydrogen) atoms. The molecule has 0 saturated heterocycles. The normalized spacial score (nSPS) is 11.9. The van der Waals surface area contributed by atoms with Crippen LogP contribution in [0.15, 0.2) is 77.6 Å². The molecule has 0 atom stereocenters. The largest absolute Gasteiger partial charge is 0.464 e. The van der Waals surface area contributed by atoms with Crippen LogP contribution in [0.3, 0.4) is 0 Å². The molecule has 0 amide bonds. The van der Waals surface area contributed by atoms with Crippen LogP contribution in [-0.4, -0.2) is 4.98 Å². The molecule has 0 unspecified atom stereocenters. The molecule has 136 valence electrons. The maximum atomic E-state index is 8.75. The summed E-state index contributed by atoms with van der Waals surface area (Å²) in [5, 5.41) is 3.10. The molecular formula is C25H21N2O+. The number of fused-ring (bicyclic) bond motifs is 2. The lowest BCUT2D eigenvalue weighted by atomic mass is 9.95. The zero-order valence-corrected chi connectivity index (χ0v) is 16.2. The van der Waals surface area contributed by atoms with E-state index in [2.05, 4.69) is 46.8 Å². The first-order chi connectivity index (χ1) is 14.0. The fourth-order valence-electron chi connectivity index (χ4n) is 3.90. The van der Waals surface area contributed by atoms with Gasteiger partial charge in [-0.3, -0.25) is 4.98 Å². The van der Waals surface area contributed by atoms with Crippen molar-refractivity contribution in [2.75, 3.05) is 0 Å². The highest BCUT2D eigenvalue weighted by Crippen LogP contribution is 2.33. The summed E-state index contributed by atoms with van der Waals surface area (Å²) in [6, 6.07) is 17.1. The van der Waals surface area contributed by atoms with Gasteiger partial charge in [0.1, 0.15) is 12.6 Å². The molecule has 3 aromatic heterocycles. The Morgan fingerprint density at radius 1 is 1.00 bits per heavy atom. The van der Waals surface area contributed by atoms with Crippen LogP contribution < -0.4 is 4.57 Å². The summed E-state index contributed by atoms with van der Waals surface area (Å²) >= 11 is 0. The van der Waals surface area contributed by atoms with E-state index >= 15 is 0 Å². The SMILES string of the molecule is [2H]c1c(C)[n+](C)c(-c2cc3occc3cc2C)c2ccc(-c3cccnc3)cc12. The Morgan fingerprint density at radius 3 is 2.71 bits per heavy atom. The molecule has 5 aromatic rings. The summed E-state index contributed by atoms with van der Waals surface area (Å²) in [5.74, 6) is 0. The van der Waals surface area contributed by atoms with E-state index in [1.54, 1.807) is 12.5 Å². The summed E-state index contributed by atoms with van der Waals surface area (Å²) < 4.78 is 16.5. The molecule has 0 saturated carbocycles. The van der Waals surface area contributed by atoms with Gasteiger partial charge in [-0.05, 0) is 59.8 Å². The van der Waals surface area contributed by atoms with E-state index in [1.807, 2.05) is 38.4 Å². The Labute approximate surface area is 165 Å². The van der Waals surface area contributed by atoms with E-state index in [-0.39, 0.29) is 0 Å². The quantitative estimate of drug-likeness (QED) is 0.372. The molecule has 0 radical (unpaired) electrons. The van der Waals surface area contributed by atoms with Crippen LogP contribution in [0.2, 0.25) is 0 Å². The van der Waals surface area contributed by atoms with Crippen LogP contribution in [0.5, 0.6) is 0 Å². The molecule has 3 heteroatoms. The summed E-state index contributed by atoms with van der Waals surface area (Å²) in [6.45, 7) is 4.13. The smallest absolute Gasteiger partial charge is 0.220 e. The lowest BCUT2D eigenvalue weighted by Crippen LogP contribution is -2.35. The van der Waals surface area contributed by atoms with Crippen molar-refractivity contribution in [1.82, 2.24) is 4.98 Å². The Kier molecular flexibility index (Phi) is 3.51. The van der Waals surface area contributed by atoms with Gasteiger partial charge in [0, 0.05) is 36.3 Å². The minimum atomic E-state index is 0.550. The third-order valence-corrected chi connectivity index (χ3v) is 5.48. The van der Waals surface area contributed by atoms with Gasteiger partial charge >= 0.3 is 0 Å². The minimum absolute atomic E-state index is 0.550.